The van der Waals surface area contributed by atoms with Gasteiger partial charge in [-0.25, -0.2) is 4.98 Å². The first-order chi connectivity index (χ1) is 17.0. The van der Waals surface area contributed by atoms with Gasteiger partial charge >= 0.3 is 0 Å². The van der Waals surface area contributed by atoms with Crippen LogP contribution in [0.5, 0.6) is 0 Å². The highest BCUT2D eigenvalue weighted by atomic mass is 16.4. The Morgan fingerprint density at radius 3 is 2.42 bits per heavy atom. The number of Topliss-reactive ketones (excluding diaryl/α,β-unsaturated/α-hetero) is 1. The van der Waals surface area contributed by atoms with E-state index in [0.717, 1.165) is 5.56 Å². The normalized spacial score (nSPS) is 13.4. The Hall–Kier alpha value is -3.32. The van der Waals surface area contributed by atoms with Crippen molar-refractivity contribution in [2.75, 3.05) is 0 Å². The number of rotatable bonds is 11. The lowest BCUT2D eigenvalue weighted by atomic mass is 9.88. The number of pyridine rings is 1. The van der Waals surface area contributed by atoms with Crippen LogP contribution in [0.25, 0.3) is 11.5 Å². The lowest BCUT2D eigenvalue weighted by molar-refractivity contribution is -0.123. The van der Waals surface area contributed by atoms with Gasteiger partial charge in [0.1, 0.15) is 0 Å². The molecule has 0 fully saturated rings. The van der Waals surface area contributed by atoms with Gasteiger partial charge in [-0.3, -0.25) is 14.6 Å². The van der Waals surface area contributed by atoms with E-state index < -0.39 is 12.1 Å². The molecule has 3 aromatic rings. The Bertz CT molecular complexity index is 1130. The Kier molecular flexibility index (Phi) is 9.15. The molecular weight excluding hydrogens is 452 g/mol. The largest absolute Gasteiger partial charge is 0.433 e. The molecule has 2 aromatic heterocycles. The van der Waals surface area contributed by atoms with Crippen LogP contribution in [-0.2, 0) is 17.6 Å². The molecule has 2 atom stereocenters. The summed E-state index contributed by atoms with van der Waals surface area (Å²) in [4.78, 5) is 35.7. The van der Waals surface area contributed by atoms with E-state index in [0.29, 0.717) is 42.8 Å². The van der Waals surface area contributed by atoms with Gasteiger partial charge in [0.15, 0.2) is 5.76 Å². The Balaban J connectivity index is 1.91. The van der Waals surface area contributed by atoms with Gasteiger partial charge in [-0.1, -0.05) is 65.0 Å². The lowest BCUT2D eigenvalue weighted by Gasteiger charge is -2.24. The highest BCUT2D eigenvalue weighted by Crippen LogP contribution is 2.25. The minimum absolute atomic E-state index is 0.117. The van der Waals surface area contributed by atoms with E-state index in [1.807, 2.05) is 57.2 Å². The van der Waals surface area contributed by atoms with E-state index >= 15 is 0 Å². The molecule has 0 bridgehead atoms. The minimum Gasteiger partial charge on any atom is -0.433 e. The van der Waals surface area contributed by atoms with E-state index in [2.05, 4.69) is 29.1 Å². The number of carbonyl (C=O) groups excluding carboxylic acids is 2. The van der Waals surface area contributed by atoms with E-state index in [1.54, 1.807) is 18.5 Å². The number of nitrogens with zero attached hydrogens (tertiary/aromatic N) is 2. The predicted octanol–water partition coefficient (Wildman–Crippen LogP) is 5.00. The molecule has 0 radical (unpaired) electrons. The summed E-state index contributed by atoms with van der Waals surface area (Å²) in [5.74, 6) is 0.167. The fourth-order valence-electron chi connectivity index (χ4n) is 4.10. The first-order valence-corrected chi connectivity index (χ1v) is 12.6. The molecule has 1 amide bonds. The van der Waals surface area contributed by atoms with Crippen molar-refractivity contribution in [2.24, 2.45) is 17.1 Å². The van der Waals surface area contributed by atoms with Crippen LogP contribution < -0.4 is 11.1 Å². The summed E-state index contributed by atoms with van der Waals surface area (Å²) in [6.45, 7) is 10.2. The number of hydrogen-bond donors (Lipinski definition) is 2. The van der Waals surface area contributed by atoms with Crippen molar-refractivity contribution in [3.63, 3.8) is 0 Å². The number of hydrogen-bond acceptors (Lipinski definition) is 6. The average Bonchev–Trinajstić information content (AvgIpc) is 3.24. The molecule has 2 heterocycles. The van der Waals surface area contributed by atoms with Gasteiger partial charge < -0.3 is 15.5 Å². The maximum Gasteiger partial charge on any atom is 0.237 e. The zero-order valence-electron chi connectivity index (χ0n) is 22.0. The van der Waals surface area contributed by atoms with Crippen LogP contribution in [0.4, 0.5) is 0 Å². The van der Waals surface area contributed by atoms with Gasteiger partial charge in [0.25, 0.3) is 0 Å². The molecule has 192 valence electrons. The van der Waals surface area contributed by atoms with Gasteiger partial charge in [0.05, 0.1) is 23.3 Å². The molecule has 7 nitrogen and oxygen atoms in total. The third-order valence-electron chi connectivity index (χ3n) is 5.80. The molecule has 36 heavy (non-hydrogen) atoms. The number of nitrogens with two attached hydrogens (primary N) is 1. The van der Waals surface area contributed by atoms with Crippen molar-refractivity contribution in [2.45, 2.75) is 72.4 Å². The summed E-state index contributed by atoms with van der Waals surface area (Å²) in [6.07, 6.45) is 5.44. The number of benzene rings is 1. The second-order valence-corrected chi connectivity index (χ2v) is 11.0. The van der Waals surface area contributed by atoms with Crippen molar-refractivity contribution in [3.8, 4) is 11.5 Å². The third kappa shape index (κ3) is 7.85. The second-order valence-electron chi connectivity index (χ2n) is 11.0. The van der Waals surface area contributed by atoms with Crippen molar-refractivity contribution in [3.05, 3.63) is 71.9 Å². The predicted molar refractivity (Wildman–Crippen MR) is 141 cm³/mol. The van der Waals surface area contributed by atoms with Crippen LogP contribution in [0, 0.1) is 11.3 Å². The summed E-state index contributed by atoms with van der Waals surface area (Å²) in [7, 11) is 0. The number of carbonyl (C=O) groups is 2. The molecule has 0 spiro atoms. The van der Waals surface area contributed by atoms with Gasteiger partial charge in [-0.05, 0) is 54.7 Å². The smallest absolute Gasteiger partial charge is 0.237 e. The number of nitrogens with one attached hydrogen (secondary N) is 1. The molecule has 1 aromatic carbocycles. The first-order valence-electron chi connectivity index (χ1n) is 12.6. The van der Waals surface area contributed by atoms with E-state index in [9.17, 15) is 9.59 Å². The topological polar surface area (TPSA) is 111 Å². The molecular formula is C29H38N4O3. The molecule has 0 aliphatic carbocycles. The van der Waals surface area contributed by atoms with E-state index in [-0.39, 0.29) is 28.8 Å². The van der Waals surface area contributed by atoms with Crippen molar-refractivity contribution in [1.82, 2.24) is 15.3 Å². The second kappa shape index (κ2) is 12.1. The number of oxazole rings is 1. The summed E-state index contributed by atoms with van der Waals surface area (Å²) >= 11 is 0. The molecule has 0 saturated carbocycles. The monoisotopic (exact) mass is 490 g/mol. The van der Waals surface area contributed by atoms with Crippen molar-refractivity contribution < 1.29 is 14.0 Å². The zero-order chi connectivity index (χ0) is 26.3. The molecule has 3 rings (SSSR count). The number of aryl methyl sites for hydroxylation is 1. The first kappa shape index (κ1) is 27.3. The van der Waals surface area contributed by atoms with Gasteiger partial charge in [-0.2, -0.15) is 0 Å². The average molecular weight is 491 g/mol. The Morgan fingerprint density at radius 1 is 1.08 bits per heavy atom. The maximum atomic E-state index is 13.9. The van der Waals surface area contributed by atoms with E-state index in [1.165, 1.54) is 0 Å². The minimum atomic E-state index is -0.788. The fraction of sp³-hybridized carbons (Fsp3) is 0.448. The number of aromatic nitrogens is 2. The van der Waals surface area contributed by atoms with E-state index in [4.69, 9.17) is 10.2 Å². The van der Waals surface area contributed by atoms with Crippen LogP contribution in [0.15, 0.2) is 59.3 Å². The van der Waals surface area contributed by atoms with Crippen LogP contribution in [-0.4, -0.2) is 33.7 Å². The molecule has 7 heteroatoms. The van der Waals surface area contributed by atoms with Crippen LogP contribution in [0.1, 0.15) is 69.3 Å². The lowest BCUT2D eigenvalue weighted by Crippen LogP contribution is -2.49. The summed E-state index contributed by atoms with van der Waals surface area (Å²) in [6, 6.07) is 12.0. The molecule has 0 aliphatic rings. The molecule has 0 aliphatic heterocycles. The quantitative estimate of drug-likeness (QED) is 0.366. The SMILES string of the molecule is CC(C)Cc1nc(-c2cccnc2)oc1C(=O)C(CCc1ccccc1)NC(=O)C(N)CC(C)(C)C. The van der Waals surface area contributed by atoms with Crippen LogP contribution >= 0.6 is 0 Å². The maximum absolute atomic E-state index is 13.9. The standard InChI is InChI=1S/C29H38N4O3/c1-19(2)16-24-26(36-28(33-24)21-12-9-15-31-18-21)25(34)23(14-13-20-10-7-6-8-11-20)32-27(35)22(30)17-29(3,4)5/h6-12,15,18-19,22-23H,13-14,16-17,30H2,1-5H3,(H,32,35). The molecule has 3 N–H and O–H groups in total. The number of amides is 1. The Morgan fingerprint density at radius 2 is 1.81 bits per heavy atom. The highest BCUT2D eigenvalue weighted by molar-refractivity contribution is 6.01. The number of ketones is 1. The Labute approximate surface area is 213 Å². The van der Waals surface area contributed by atoms with Crippen LogP contribution in [0.3, 0.4) is 0 Å². The molecule has 0 saturated heterocycles. The van der Waals surface area contributed by atoms with Gasteiger partial charge in [0, 0.05) is 12.4 Å². The summed E-state index contributed by atoms with van der Waals surface area (Å²) < 4.78 is 6.04. The van der Waals surface area contributed by atoms with Gasteiger partial charge in [-0.15, -0.1) is 0 Å². The van der Waals surface area contributed by atoms with Gasteiger partial charge in [0.2, 0.25) is 17.6 Å². The van der Waals surface area contributed by atoms with Crippen molar-refractivity contribution >= 4 is 11.7 Å². The fourth-order valence-corrected chi connectivity index (χ4v) is 4.10. The zero-order valence-corrected chi connectivity index (χ0v) is 22.0. The third-order valence-corrected chi connectivity index (χ3v) is 5.80. The summed E-state index contributed by atoms with van der Waals surface area (Å²) in [5.41, 5.74) is 8.46. The highest BCUT2D eigenvalue weighted by Gasteiger charge is 2.31. The van der Waals surface area contributed by atoms with Crippen LogP contribution in [0.2, 0.25) is 0 Å². The molecule has 2 unspecified atom stereocenters. The van der Waals surface area contributed by atoms with Crippen molar-refractivity contribution in [1.29, 1.82) is 0 Å². The summed E-state index contributed by atoms with van der Waals surface area (Å²) in [5, 5.41) is 2.92.